The Balaban J connectivity index is 1.63. The molecule has 3 rings (SSSR count). The summed E-state index contributed by atoms with van der Waals surface area (Å²) in [6.45, 7) is 2.20. The minimum atomic E-state index is -0.192. The third kappa shape index (κ3) is 6.85. The Hall–Kier alpha value is -2.80. The van der Waals surface area contributed by atoms with E-state index < -0.39 is 0 Å². The third-order valence-corrected chi connectivity index (χ3v) is 6.94. The summed E-state index contributed by atoms with van der Waals surface area (Å²) in [5, 5.41) is 6.42. The second-order valence-corrected chi connectivity index (χ2v) is 9.01. The summed E-state index contributed by atoms with van der Waals surface area (Å²) < 4.78 is 4.99. The molecule has 0 unspecified atom stereocenters. The van der Waals surface area contributed by atoms with Crippen molar-refractivity contribution < 1.29 is 19.1 Å². The van der Waals surface area contributed by atoms with Gasteiger partial charge in [0.25, 0.3) is 11.8 Å². The number of nitrogens with one attached hydrogen (secondary N) is 2. The van der Waals surface area contributed by atoms with Crippen LogP contribution < -0.4 is 10.6 Å². The van der Waals surface area contributed by atoms with Crippen molar-refractivity contribution in [2.45, 2.75) is 49.9 Å². The highest BCUT2D eigenvalue weighted by Gasteiger charge is 2.38. The minimum absolute atomic E-state index is 0.141. The smallest absolute Gasteiger partial charge is 0.305 e. The molecule has 3 atom stereocenters. The summed E-state index contributed by atoms with van der Waals surface area (Å²) in [5.41, 5.74) is 1.20. The van der Waals surface area contributed by atoms with Crippen molar-refractivity contribution in [1.29, 1.82) is 0 Å². The van der Waals surface area contributed by atoms with Crippen molar-refractivity contribution in [1.82, 2.24) is 10.6 Å². The topological polar surface area (TPSA) is 84.5 Å². The van der Waals surface area contributed by atoms with Gasteiger partial charge in [-0.1, -0.05) is 42.8 Å². The van der Waals surface area contributed by atoms with E-state index in [4.69, 9.17) is 4.74 Å². The van der Waals surface area contributed by atoms with Crippen LogP contribution in [0.15, 0.2) is 60.7 Å². The molecule has 2 aromatic carbocycles. The number of carbonyl (C=O) groups excluding carboxylic acids is 3. The summed E-state index contributed by atoms with van der Waals surface area (Å²) in [6.07, 6.45) is 2.85. The molecule has 6 nitrogen and oxygen atoms in total. The fourth-order valence-corrected chi connectivity index (χ4v) is 5.34. The zero-order chi connectivity index (χ0) is 22.8. The number of ether oxygens (including phenoxy) is 1. The number of benzene rings is 2. The number of amides is 2. The molecule has 1 heterocycles. The van der Waals surface area contributed by atoms with E-state index in [1.165, 1.54) is 0 Å². The normalized spacial score (nSPS) is 19.8. The second kappa shape index (κ2) is 12.3. The number of thioether (sulfide) groups is 1. The molecule has 2 N–H and O–H groups in total. The van der Waals surface area contributed by atoms with Crippen molar-refractivity contribution >= 4 is 29.5 Å². The van der Waals surface area contributed by atoms with Crippen LogP contribution in [0.5, 0.6) is 0 Å². The molecule has 1 aliphatic rings. The summed E-state index contributed by atoms with van der Waals surface area (Å²) in [7, 11) is 0. The fraction of sp³-hybridized carbons (Fsp3) is 0.400. The maximum atomic E-state index is 12.8. The predicted molar refractivity (Wildman–Crippen MR) is 127 cm³/mol. The minimum Gasteiger partial charge on any atom is -0.466 e. The molecule has 170 valence electrons. The van der Waals surface area contributed by atoms with Gasteiger partial charge in [0, 0.05) is 28.6 Å². The molecule has 0 aliphatic carbocycles. The molecule has 0 saturated carbocycles. The lowest BCUT2D eigenvalue weighted by Crippen LogP contribution is -2.53. The van der Waals surface area contributed by atoms with Crippen molar-refractivity contribution in [2.24, 2.45) is 0 Å². The molecule has 0 aromatic heterocycles. The van der Waals surface area contributed by atoms with Crippen molar-refractivity contribution in [3.8, 4) is 0 Å². The molecule has 0 radical (unpaired) electrons. The zero-order valence-electron chi connectivity index (χ0n) is 18.3. The maximum Gasteiger partial charge on any atom is 0.305 e. The molecule has 0 spiro atoms. The second-order valence-electron chi connectivity index (χ2n) is 7.73. The zero-order valence-corrected chi connectivity index (χ0v) is 19.1. The van der Waals surface area contributed by atoms with E-state index in [9.17, 15) is 14.4 Å². The number of rotatable bonds is 10. The number of unbranched alkanes of at least 4 members (excludes halogenated alkanes) is 1. The SMILES string of the molecule is CCOC(=O)CCCC[C@@H]1SC[C@H](NC(=O)c2ccccc2)[C@@H]1NC(=O)c1ccccc1. The lowest BCUT2D eigenvalue weighted by atomic mass is 10.00. The molecular weight excluding hydrogens is 424 g/mol. The van der Waals surface area contributed by atoms with E-state index in [0.717, 1.165) is 25.0 Å². The van der Waals surface area contributed by atoms with Gasteiger partial charge < -0.3 is 15.4 Å². The highest BCUT2D eigenvalue weighted by atomic mass is 32.2. The van der Waals surface area contributed by atoms with Crippen LogP contribution in [-0.2, 0) is 9.53 Å². The van der Waals surface area contributed by atoms with Gasteiger partial charge in [-0.2, -0.15) is 11.8 Å². The van der Waals surface area contributed by atoms with Gasteiger partial charge in [0.2, 0.25) is 0 Å². The maximum absolute atomic E-state index is 12.8. The predicted octanol–water partition coefficient (Wildman–Crippen LogP) is 3.82. The van der Waals surface area contributed by atoms with E-state index in [2.05, 4.69) is 10.6 Å². The summed E-state index contributed by atoms with van der Waals surface area (Å²) in [5.74, 6) is 0.265. The highest BCUT2D eigenvalue weighted by Crippen LogP contribution is 2.32. The van der Waals surface area contributed by atoms with Gasteiger partial charge in [-0.25, -0.2) is 0 Å². The molecular formula is C25H30N2O4S. The first-order valence-corrected chi connectivity index (χ1v) is 12.1. The molecule has 1 fully saturated rings. The van der Waals surface area contributed by atoms with Gasteiger partial charge in [-0.05, 0) is 44.0 Å². The Labute approximate surface area is 193 Å². The Kier molecular flexibility index (Phi) is 9.16. The van der Waals surface area contributed by atoms with E-state index in [-0.39, 0.29) is 35.1 Å². The van der Waals surface area contributed by atoms with Crippen LogP contribution in [0.1, 0.15) is 53.3 Å². The summed E-state index contributed by atoms with van der Waals surface area (Å²) in [4.78, 5) is 37.1. The van der Waals surface area contributed by atoms with Crippen molar-refractivity contribution in [2.75, 3.05) is 12.4 Å². The first-order chi connectivity index (χ1) is 15.6. The summed E-state index contributed by atoms with van der Waals surface area (Å²) >= 11 is 1.76. The lowest BCUT2D eigenvalue weighted by Gasteiger charge is -2.26. The fourth-order valence-electron chi connectivity index (χ4n) is 3.80. The summed E-state index contributed by atoms with van der Waals surface area (Å²) in [6, 6.07) is 17.8. The van der Waals surface area contributed by atoms with E-state index in [1.54, 1.807) is 43.0 Å². The first kappa shape index (κ1) is 23.9. The van der Waals surface area contributed by atoms with Crippen LogP contribution in [0.4, 0.5) is 0 Å². The van der Waals surface area contributed by atoms with Crippen molar-refractivity contribution in [3.05, 3.63) is 71.8 Å². The van der Waals surface area contributed by atoms with Crippen LogP contribution in [0.25, 0.3) is 0 Å². The van der Waals surface area contributed by atoms with E-state index in [1.807, 2.05) is 36.4 Å². The Morgan fingerprint density at radius 3 is 2.09 bits per heavy atom. The van der Waals surface area contributed by atoms with Gasteiger partial charge in [0.15, 0.2) is 0 Å². The number of esters is 1. The van der Waals surface area contributed by atoms with Crippen LogP contribution in [0.3, 0.4) is 0 Å². The van der Waals surface area contributed by atoms with Crippen molar-refractivity contribution in [3.63, 3.8) is 0 Å². The quantitative estimate of drug-likeness (QED) is 0.421. The number of carbonyl (C=O) groups is 3. The molecule has 32 heavy (non-hydrogen) atoms. The largest absolute Gasteiger partial charge is 0.466 e. The molecule has 2 amide bonds. The monoisotopic (exact) mass is 454 g/mol. The average Bonchev–Trinajstić information content (AvgIpc) is 3.19. The molecule has 7 heteroatoms. The number of hydrogen-bond acceptors (Lipinski definition) is 5. The van der Waals surface area contributed by atoms with Gasteiger partial charge >= 0.3 is 5.97 Å². The first-order valence-electron chi connectivity index (χ1n) is 11.1. The Morgan fingerprint density at radius 2 is 1.50 bits per heavy atom. The lowest BCUT2D eigenvalue weighted by molar-refractivity contribution is -0.143. The average molecular weight is 455 g/mol. The standard InChI is InChI=1S/C25H30N2O4S/c1-2-31-22(28)16-10-9-15-21-23(27-25(30)19-13-7-4-8-14-19)20(17-32-21)26-24(29)18-11-5-3-6-12-18/h3-8,11-14,20-21,23H,2,9-10,15-17H2,1H3,(H,26,29)(H,27,30)/t20-,21-,23-/m0/s1. The van der Waals surface area contributed by atoms with Gasteiger partial charge in [-0.3, -0.25) is 14.4 Å². The van der Waals surface area contributed by atoms with Gasteiger partial charge in [0.05, 0.1) is 18.7 Å². The molecule has 2 aromatic rings. The van der Waals surface area contributed by atoms with Crippen LogP contribution in [-0.4, -0.2) is 47.5 Å². The van der Waals surface area contributed by atoms with E-state index >= 15 is 0 Å². The highest BCUT2D eigenvalue weighted by molar-refractivity contribution is 8.00. The molecule has 1 saturated heterocycles. The number of hydrogen-bond donors (Lipinski definition) is 2. The van der Waals surface area contributed by atoms with Crippen LogP contribution >= 0.6 is 11.8 Å². The van der Waals surface area contributed by atoms with E-state index in [0.29, 0.717) is 24.2 Å². The van der Waals surface area contributed by atoms with Gasteiger partial charge in [-0.15, -0.1) is 0 Å². The Bertz CT molecular complexity index is 891. The molecule has 0 bridgehead atoms. The van der Waals surface area contributed by atoms with Gasteiger partial charge in [0.1, 0.15) is 0 Å². The van der Waals surface area contributed by atoms with Crippen LogP contribution in [0.2, 0.25) is 0 Å². The molecule has 1 aliphatic heterocycles. The Morgan fingerprint density at radius 1 is 0.906 bits per heavy atom. The third-order valence-electron chi connectivity index (χ3n) is 5.43. The van der Waals surface area contributed by atoms with Crippen LogP contribution in [0, 0.1) is 0 Å².